The lowest BCUT2D eigenvalue weighted by Crippen LogP contribution is -2.38. The lowest BCUT2D eigenvalue weighted by molar-refractivity contribution is -0.188. The summed E-state index contributed by atoms with van der Waals surface area (Å²) in [5, 5.41) is 0. The molecule has 2 heterocycles. The van der Waals surface area contributed by atoms with Gasteiger partial charge in [-0.3, -0.25) is 0 Å². The smallest absolute Gasteiger partial charge is 0.355 e. The molecular weight excluding hydrogens is 270 g/mol. The fourth-order valence-electron chi connectivity index (χ4n) is 3.38. The molecular formula is C16H21NO4. The summed E-state index contributed by atoms with van der Waals surface area (Å²) in [5.41, 5.74) is 0.686. The number of carbonyl (C=O) groups excluding carboxylic acids is 1. The summed E-state index contributed by atoms with van der Waals surface area (Å²) in [5.74, 6) is -0.585. The lowest BCUT2D eigenvalue weighted by Gasteiger charge is -2.34. The average Bonchev–Trinajstić information content (AvgIpc) is 3.05. The molecule has 3 aliphatic rings. The van der Waals surface area contributed by atoms with Crippen molar-refractivity contribution in [1.82, 2.24) is 4.57 Å². The minimum absolute atomic E-state index is 0.0153. The van der Waals surface area contributed by atoms with Crippen LogP contribution in [0.25, 0.3) is 0 Å². The van der Waals surface area contributed by atoms with Gasteiger partial charge >= 0.3 is 5.97 Å². The molecule has 1 aromatic heterocycles. The van der Waals surface area contributed by atoms with Crippen molar-refractivity contribution in [3.63, 3.8) is 0 Å². The second kappa shape index (κ2) is 5.14. The van der Waals surface area contributed by atoms with E-state index in [0.29, 0.717) is 24.9 Å². The Hall–Kier alpha value is -1.33. The molecule has 4 rings (SSSR count). The first-order valence-electron chi connectivity index (χ1n) is 7.91. The van der Waals surface area contributed by atoms with Crippen molar-refractivity contribution in [2.75, 3.05) is 13.2 Å². The molecule has 1 spiro atoms. The van der Waals surface area contributed by atoms with Gasteiger partial charge in [-0.1, -0.05) is 0 Å². The normalized spacial score (nSPS) is 25.3. The maximum absolute atomic E-state index is 12.3. The summed E-state index contributed by atoms with van der Waals surface area (Å²) < 4.78 is 19.1. The first kappa shape index (κ1) is 13.3. The van der Waals surface area contributed by atoms with Gasteiger partial charge < -0.3 is 18.8 Å². The van der Waals surface area contributed by atoms with Gasteiger partial charge in [-0.15, -0.1) is 0 Å². The molecule has 1 aromatic rings. The Kier molecular flexibility index (Phi) is 3.27. The molecule has 0 unspecified atom stereocenters. The van der Waals surface area contributed by atoms with E-state index in [9.17, 15) is 4.79 Å². The van der Waals surface area contributed by atoms with Gasteiger partial charge in [-0.2, -0.15) is 0 Å². The number of nitrogens with zero attached hydrogens (tertiary/aromatic N) is 1. The van der Waals surface area contributed by atoms with Gasteiger partial charge in [0.25, 0.3) is 0 Å². The third-order valence-corrected chi connectivity index (χ3v) is 4.71. The summed E-state index contributed by atoms with van der Waals surface area (Å²) >= 11 is 0. The molecule has 1 aliphatic heterocycles. The summed E-state index contributed by atoms with van der Waals surface area (Å²) in [7, 11) is 0. The Bertz CT molecular complexity index is 518. The zero-order valence-corrected chi connectivity index (χ0v) is 12.1. The predicted octanol–water partition coefficient (Wildman–Crippen LogP) is 2.67. The summed E-state index contributed by atoms with van der Waals surface area (Å²) in [6.45, 7) is 1.36. The molecule has 1 saturated heterocycles. The van der Waals surface area contributed by atoms with Crippen molar-refractivity contribution in [3.8, 4) is 0 Å². The molecule has 0 atom stereocenters. The lowest BCUT2D eigenvalue weighted by atomic mass is 9.92. The molecule has 0 amide bonds. The van der Waals surface area contributed by atoms with Crippen LogP contribution in [-0.2, 0) is 14.2 Å². The Morgan fingerprint density at radius 1 is 1.19 bits per heavy atom. The standard InChI is InChI=1S/C16H21NO4/c18-15(14-2-1-9-17(14)12-3-4-12)21-13-5-7-16(8-6-13)19-10-11-20-16/h1-2,9,12-13H,3-8,10-11H2. The minimum atomic E-state index is -0.392. The van der Waals surface area contributed by atoms with E-state index >= 15 is 0 Å². The number of rotatable bonds is 3. The van der Waals surface area contributed by atoms with E-state index in [4.69, 9.17) is 14.2 Å². The van der Waals surface area contributed by atoms with Gasteiger partial charge in [0.2, 0.25) is 0 Å². The maximum atomic E-state index is 12.3. The number of carbonyl (C=O) groups is 1. The van der Waals surface area contributed by atoms with Gasteiger partial charge in [0.05, 0.1) is 13.2 Å². The summed E-state index contributed by atoms with van der Waals surface area (Å²) in [6, 6.07) is 4.27. The van der Waals surface area contributed by atoms with Crippen LogP contribution in [-0.4, -0.2) is 35.6 Å². The number of hydrogen-bond donors (Lipinski definition) is 0. The summed E-state index contributed by atoms with van der Waals surface area (Å²) in [6.07, 6.45) is 7.54. The van der Waals surface area contributed by atoms with E-state index < -0.39 is 5.79 Å². The Morgan fingerprint density at radius 3 is 2.57 bits per heavy atom. The fourth-order valence-corrected chi connectivity index (χ4v) is 3.38. The highest BCUT2D eigenvalue weighted by molar-refractivity contribution is 5.88. The monoisotopic (exact) mass is 291 g/mol. The number of esters is 1. The molecule has 2 saturated carbocycles. The Morgan fingerprint density at radius 2 is 1.90 bits per heavy atom. The number of aromatic nitrogens is 1. The first-order chi connectivity index (χ1) is 10.3. The average molecular weight is 291 g/mol. The molecule has 0 bridgehead atoms. The van der Waals surface area contributed by atoms with Crippen molar-refractivity contribution >= 4 is 5.97 Å². The van der Waals surface area contributed by atoms with Crippen LogP contribution < -0.4 is 0 Å². The number of hydrogen-bond acceptors (Lipinski definition) is 4. The van der Waals surface area contributed by atoms with Crippen molar-refractivity contribution in [2.45, 2.75) is 56.5 Å². The van der Waals surface area contributed by atoms with Crippen LogP contribution in [0, 0.1) is 0 Å². The maximum Gasteiger partial charge on any atom is 0.355 e. The van der Waals surface area contributed by atoms with E-state index in [0.717, 1.165) is 38.5 Å². The minimum Gasteiger partial charge on any atom is -0.458 e. The van der Waals surface area contributed by atoms with Gasteiger partial charge in [0.15, 0.2) is 5.79 Å². The summed E-state index contributed by atoms with van der Waals surface area (Å²) in [4.78, 5) is 12.3. The van der Waals surface area contributed by atoms with Crippen LogP contribution in [0.2, 0.25) is 0 Å². The van der Waals surface area contributed by atoms with Crippen LogP contribution in [0.4, 0.5) is 0 Å². The second-order valence-corrected chi connectivity index (χ2v) is 6.24. The third kappa shape index (κ3) is 2.60. The molecule has 2 aliphatic carbocycles. The van der Waals surface area contributed by atoms with Crippen molar-refractivity contribution in [3.05, 3.63) is 24.0 Å². The van der Waals surface area contributed by atoms with E-state index in [-0.39, 0.29) is 12.1 Å². The molecule has 0 radical (unpaired) electrons. The molecule has 21 heavy (non-hydrogen) atoms. The zero-order valence-electron chi connectivity index (χ0n) is 12.1. The van der Waals surface area contributed by atoms with Crippen LogP contribution in [0.5, 0.6) is 0 Å². The second-order valence-electron chi connectivity index (χ2n) is 6.24. The Labute approximate surface area is 124 Å². The van der Waals surface area contributed by atoms with Gasteiger partial charge in [0, 0.05) is 25.1 Å². The molecule has 0 N–H and O–H groups in total. The van der Waals surface area contributed by atoms with Crippen molar-refractivity contribution < 1.29 is 19.0 Å². The Balaban J connectivity index is 1.36. The number of ether oxygens (including phenoxy) is 3. The molecule has 5 nitrogen and oxygen atoms in total. The topological polar surface area (TPSA) is 49.7 Å². The predicted molar refractivity (Wildman–Crippen MR) is 75.0 cm³/mol. The highest BCUT2D eigenvalue weighted by Gasteiger charge is 2.41. The third-order valence-electron chi connectivity index (χ3n) is 4.71. The van der Waals surface area contributed by atoms with Crippen LogP contribution >= 0.6 is 0 Å². The van der Waals surface area contributed by atoms with Gasteiger partial charge in [-0.05, 0) is 37.8 Å². The largest absolute Gasteiger partial charge is 0.458 e. The van der Waals surface area contributed by atoms with E-state index in [1.807, 2.05) is 18.3 Å². The van der Waals surface area contributed by atoms with Crippen LogP contribution in [0.15, 0.2) is 18.3 Å². The van der Waals surface area contributed by atoms with Crippen LogP contribution in [0.3, 0.4) is 0 Å². The highest BCUT2D eigenvalue weighted by Crippen LogP contribution is 2.38. The van der Waals surface area contributed by atoms with Crippen molar-refractivity contribution in [2.24, 2.45) is 0 Å². The quantitative estimate of drug-likeness (QED) is 0.803. The SMILES string of the molecule is O=C(OC1CCC2(CC1)OCCO2)c1cccn1C1CC1. The van der Waals surface area contributed by atoms with E-state index in [1.165, 1.54) is 0 Å². The van der Waals surface area contributed by atoms with Crippen LogP contribution in [0.1, 0.15) is 55.1 Å². The fraction of sp³-hybridized carbons (Fsp3) is 0.688. The highest BCUT2D eigenvalue weighted by atomic mass is 16.7. The molecule has 114 valence electrons. The molecule has 5 heteroatoms. The zero-order chi connectivity index (χ0) is 14.3. The van der Waals surface area contributed by atoms with E-state index in [1.54, 1.807) is 0 Å². The molecule has 3 fully saturated rings. The van der Waals surface area contributed by atoms with E-state index in [2.05, 4.69) is 4.57 Å². The van der Waals surface area contributed by atoms with Gasteiger partial charge in [0.1, 0.15) is 11.8 Å². The van der Waals surface area contributed by atoms with Crippen molar-refractivity contribution in [1.29, 1.82) is 0 Å². The molecule has 0 aromatic carbocycles. The first-order valence-corrected chi connectivity index (χ1v) is 7.91. The van der Waals surface area contributed by atoms with Gasteiger partial charge in [-0.25, -0.2) is 4.79 Å².